The Balaban J connectivity index is 2.77. The van der Waals surface area contributed by atoms with Gasteiger partial charge in [0.2, 0.25) is 0 Å². The van der Waals surface area contributed by atoms with E-state index in [1.165, 1.54) is 20.3 Å². The summed E-state index contributed by atoms with van der Waals surface area (Å²) in [4.78, 5) is 10.7. The molecule has 0 radical (unpaired) electrons. The Morgan fingerprint density at radius 1 is 1.11 bits per heavy atom. The van der Waals surface area contributed by atoms with Crippen molar-refractivity contribution < 1.29 is 14.4 Å². The molecule has 0 aliphatic carbocycles. The van der Waals surface area contributed by atoms with Crippen LogP contribution < -0.4 is 0 Å². The lowest BCUT2D eigenvalue weighted by Gasteiger charge is -2.15. The number of hydrogen-bond donors (Lipinski definition) is 0. The van der Waals surface area contributed by atoms with E-state index in [1.54, 1.807) is 12.1 Å². The largest absolute Gasteiger partial charge is 0.352 e. The van der Waals surface area contributed by atoms with Crippen LogP contribution in [0.15, 0.2) is 36.4 Å². The number of methoxy groups -OCH3 is 2. The van der Waals surface area contributed by atoms with Crippen LogP contribution >= 0.6 is 0 Å². The van der Waals surface area contributed by atoms with Gasteiger partial charge in [-0.2, -0.15) is 0 Å². The minimum atomic E-state index is -0.616. The molecule has 2 aromatic carbocycles. The van der Waals surface area contributed by atoms with Gasteiger partial charge in [0.1, 0.15) is 0 Å². The first-order valence-electron chi connectivity index (χ1n) is 5.40. The molecule has 0 bridgehead atoms. The third kappa shape index (κ3) is 2.05. The summed E-state index contributed by atoms with van der Waals surface area (Å²) in [7, 11) is 3.00. The number of ether oxygens (including phenoxy) is 2. The van der Waals surface area contributed by atoms with Gasteiger partial charge in [-0.15, -0.1) is 0 Å². The highest BCUT2D eigenvalue weighted by atomic mass is 16.7. The Morgan fingerprint density at radius 3 is 2.28 bits per heavy atom. The smallest absolute Gasteiger partial charge is 0.277 e. The number of hydrogen-bond acceptors (Lipinski definition) is 4. The highest BCUT2D eigenvalue weighted by Crippen LogP contribution is 2.33. The number of nitrogens with zero attached hydrogens (tertiary/aromatic N) is 1. The molecule has 0 N–H and O–H groups in total. The minimum Gasteiger partial charge on any atom is -0.352 e. The molecule has 18 heavy (non-hydrogen) atoms. The van der Waals surface area contributed by atoms with Crippen LogP contribution in [0.1, 0.15) is 11.9 Å². The van der Waals surface area contributed by atoms with Gasteiger partial charge in [-0.3, -0.25) is 10.1 Å². The second kappa shape index (κ2) is 5.12. The fourth-order valence-corrected chi connectivity index (χ4v) is 2.05. The van der Waals surface area contributed by atoms with Gasteiger partial charge < -0.3 is 9.47 Å². The summed E-state index contributed by atoms with van der Waals surface area (Å²) in [5.41, 5.74) is 0.715. The molecule has 2 rings (SSSR count). The Labute approximate surface area is 104 Å². The Morgan fingerprint density at radius 2 is 1.72 bits per heavy atom. The number of benzene rings is 2. The fourth-order valence-electron chi connectivity index (χ4n) is 2.05. The normalized spacial score (nSPS) is 11.1. The first-order chi connectivity index (χ1) is 8.69. The topological polar surface area (TPSA) is 61.6 Å². The first kappa shape index (κ1) is 12.5. The van der Waals surface area contributed by atoms with Crippen LogP contribution in [-0.4, -0.2) is 19.1 Å². The lowest BCUT2D eigenvalue weighted by atomic mass is 10.0. The molecule has 0 aliphatic rings. The van der Waals surface area contributed by atoms with Crippen LogP contribution in [0, 0.1) is 10.1 Å². The van der Waals surface area contributed by atoms with E-state index in [2.05, 4.69) is 0 Å². The molecule has 0 aromatic heterocycles. The Kier molecular flexibility index (Phi) is 3.55. The highest BCUT2D eigenvalue weighted by molar-refractivity contribution is 5.93. The Bertz CT molecular complexity index is 573. The maximum Gasteiger partial charge on any atom is 0.277 e. The predicted octanol–water partition coefficient (Wildman–Crippen LogP) is 3.04. The minimum absolute atomic E-state index is 0.0576. The molecule has 0 saturated heterocycles. The van der Waals surface area contributed by atoms with Crippen LogP contribution in [0.2, 0.25) is 0 Å². The zero-order valence-corrected chi connectivity index (χ0v) is 10.1. The summed E-state index contributed by atoms with van der Waals surface area (Å²) < 4.78 is 10.4. The van der Waals surface area contributed by atoms with Crippen LogP contribution in [0.3, 0.4) is 0 Å². The first-order valence-corrected chi connectivity index (χ1v) is 5.40. The molecule has 0 amide bonds. The maximum atomic E-state index is 11.1. The second-order valence-corrected chi connectivity index (χ2v) is 3.78. The molecule has 0 heterocycles. The van der Waals surface area contributed by atoms with Gasteiger partial charge in [0.25, 0.3) is 5.69 Å². The summed E-state index contributed by atoms with van der Waals surface area (Å²) in [5.74, 6) is 0. The summed E-state index contributed by atoms with van der Waals surface area (Å²) >= 11 is 0. The van der Waals surface area contributed by atoms with Gasteiger partial charge in [-0.1, -0.05) is 30.3 Å². The number of nitro benzene ring substituents is 1. The lowest BCUT2D eigenvalue weighted by Crippen LogP contribution is -2.05. The van der Waals surface area contributed by atoms with Crippen LogP contribution in [-0.2, 0) is 9.47 Å². The van der Waals surface area contributed by atoms with Crippen molar-refractivity contribution in [1.29, 1.82) is 0 Å². The number of nitro groups is 1. The zero-order chi connectivity index (χ0) is 13.1. The van der Waals surface area contributed by atoms with Crippen molar-refractivity contribution in [2.75, 3.05) is 14.2 Å². The van der Waals surface area contributed by atoms with E-state index in [0.717, 1.165) is 5.39 Å². The van der Waals surface area contributed by atoms with Gasteiger partial charge in [0, 0.05) is 25.8 Å². The van der Waals surface area contributed by atoms with E-state index in [0.29, 0.717) is 10.9 Å². The van der Waals surface area contributed by atoms with Crippen LogP contribution in [0.5, 0.6) is 0 Å². The third-order valence-corrected chi connectivity index (χ3v) is 2.79. The SMILES string of the molecule is COC(OC)c1cccc2cccc([N+](=O)[O-])c12. The van der Waals surface area contributed by atoms with Crippen molar-refractivity contribution >= 4 is 16.5 Å². The third-order valence-electron chi connectivity index (χ3n) is 2.79. The van der Waals surface area contributed by atoms with Gasteiger partial charge >= 0.3 is 0 Å². The van der Waals surface area contributed by atoms with Gasteiger partial charge in [-0.25, -0.2) is 0 Å². The molecule has 5 nitrogen and oxygen atoms in total. The predicted molar refractivity (Wildman–Crippen MR) is 67.4 cm³/mol. The summed E-state index contributed by atoms with van der Waals surface area (Å²) in [6.45, 7) is 0. The molecule has 5 heteroatoms. The maximum absolute atomic E-state index is 11.1. The van der Waals surface area contributed by atoms with E-state index in [-0.39, 0.29) is 5.69 Å². The number of rotatable bonds is 4. The van der Waals surface area contributed by atoms with E-state index < -0.39 is 11.2 Å². The van der Waals surface area contributed by atoms with Crippen molar-refractivity contribution in [2.24, 2.45) is 0 Å². The highest BCUT2D eigenvalue weighted by Gasteiger charge is 2.20. The Hall–Kier alpha value is -1.98. The van der Waals surface area contributed by atoms with Crippen molar-refractivity contribution in [3.05, 3.63) is 52.1 Å². The van der Waals surface area contributed by atoms with Gasteiger partial charge in [0.15, 0.2) is 6.29 Å². The summed E-state index contributed by atoms with van der Waals surface area (Å²) in [6.07, 6.45) is -0.616. The quantitative estimate of drug-likeness (QED) is 0.473. The summed E-state index contributed by atoms with van der Waals surface area (Å²) in [6, 6.07) is 10.4. The van der Waals surface area contributed by atoms with Crippen molar-refractivity contribution in [2.45, 2.75) is 6.29 Å². The average molecular weight is 247 g/mol. The van der Waals surface area contributed by atoms with Crippen molar-refractivity contribution in [3.8, 4) is 0 Å². The standard InChI is InChI=1S/C13H13NO4/c1-17-13(18-2)10-7-3-5-9-6-4-8-11(12(9)10)14(15)16/h3-8,13H,1-2H3. The average Bonchev–Trinajstić information content (AvgIpc) is 2.39. The molecule has 94 valence electrons. The lowest BCUT2D eigenvalue weighted by molar-refractivity contribution is -0.383. The van der Waals surface area contributed by atoms with E-state index >= 15 is 0 Å². The molecule has 0 aliphatic heterocycles. The van der Waals surface area contributed by atoms with E-state index in [1.807, 2.05) is 18.2 Å². The van der Waals surface area contributed by atoms with E-state index in [4.69, 9.17) is 9.47 Å². The van der Waals surface area contributed by atoms with Crippen LogP contribution in [0.25, 0.3) is 10.8 Å². The second-order valence-electron chi connectivity index (χ2n) is 3.78. The molecule has 0 unspecified atom stereocenters. The van der Waals surface area contributed by atoms with Gasteiger partial charge in [-0.05, 0) is 5.39 Å². The molecular formula is C13H13NO4. The molecule has 0 atom stereocenters. The van der Waals surface area contributed by atoms with Crippen molar-refractivity contribution in [1.82, 2.24) is 0 Å². The monoisotopic (exact) mass is 247 g/mol. The number of non-ortho nitro benzene ring substituents is 1. The molecule has 0 saturated carbocycles. The molecule has 0 fully saturated rings. The molecule has 0 spiro atoms. The van der Waals surface area contributed by atoms with Gasteiger partial charge in [0.05, 0.1) is 10.3 Å². The fraction of sp³-hybridized carbons (Fsp3) is 0.231. The van der Waals surface area contributed by atoms with Crippen molar-refractivity contribution in [3.63, 3.8) is 0 Å². The zero-order valence-electron chi connectivity index (χ0n) is 10.1. The van der Waals surface area contributed by atoms with Crippen LogP contribution in [0.4, 0.5) is 5.69 Å². The molecule has 2 aromatic rings. The number of fused-ring (bicyclic) bond motifs is 1. The summed E-state index contributed by atoms with van der Waals surface area (Å²) in [5, 5.41) is 12.4. The van der Waals surface area contributed by atoms with E-state index in [9.17, 15) is 10.1 Å². The molecular weight excluding hydrogens is 234 g/mol.